The first-order valence-electron chi connectivity index (χ1n) is 4.53. The molecule has 14 heavy (non-hydrogen) atoms. The Bertz CT molecular complexity index is 286. The van der Waals surface area contributed by atoms with Gasteiger partial charge in [-0.1, -0.05) is 17.7 Å². The number of hydrazone groups is 1. The van der Waals surface area contributed by atoms with E-state index in [9.17, 15) is 4.79 Å². The van der Waals surface area contributed by atoms with Crippen LogP contribution in [0.2, 0.25) is 0 Å². The Labute approximate surface area is 88.2 Å². The van der Waals surface area contributed by atoms with Gasteiger partial charge >= 0.3 is 6.03 Å². The molecule has 1 rings (SSSR count). The molecule has 0 bridgehead atoms. The quantitative estimate of drug-likeness (QED) is 0.537. The number of amides is 2. The molecule has 0 fully saturated rings. The van der Waals surface area contributed by atoms with Crippen molar-refractivity contribution in [3.8, 4) is 0 Å². The van der Waals surface area contributed by atoms with Crippen LogP contribution in [-0.2, 0) is 0 Å². The molecule has 0 aromatic heterocycles. The Morgan fingerprint density at radius 2 is 2.50 bits per heavy atom. The Morgan fingerprint density at radius 1 is 1.79 bits per heavy atom. The molecule has 0 radical (unpaired) electrons. The van der Waals surface area contributed by atoms with Gasteiger partial charge in [-0.15, -0.1) is 0 Å². The zero-order valence-corrected chi connectivity index (χ0v) is 8.84. The molecule has 5 heteroatoms. The van der Waals surface area contributed by atoms with Gasteiger partial charge < -0.3 is 5.73 Å². The van der Waals surface area contributed by atoms with E-state index in [-0.39, 0.29) is 0 Å². The summed E-state index contributed by atoms with van der Waals surface area (Å²) in [4.78, 5) is 10.4. The van der Waals surface area contributed by atoms with E-state index in [1.807, 2.05) is 13.0 Å². The molecule has 0 saturated carbocycles. The number of rotatable bonds is 2. The molecule has 2 amide bonds. The molecule has 1 atom stereocenters. The van der Waals surface area contributed by atoms with Gasteiger partial charge in [-0.25, -0.2) is 10.2 Å². The van der Waals surface area contributed by atoms with Crippen molar-refractivity contribution in [2.75, 3.05) is 0 Å². The van der Waals surface area contributed by atoms with Gasteiger partial charge in [0.2, 0.25) is 0 Å². The van der Waals surface area contributed by atoms with Crippen LogP contribution in [-0.4, -0.2) is 11.7 Å². The minimum absolute atomic E-state index is 0.365. The van der Waals surface area contributed by atoms with Gasteiger partial charge in [-0.05, 0) is 26.2 Å². The second-order valence-electron chi connectivity index (χ2n) is 3.35. The number of primary amides is 1. The minimum atomic E-state index is -0.631. The number of urea groups is 1. The van der Waals surface area contributed by atoms with Crippen LogP contribution < -0.4 is 11.2 Å². The summed E-state index contributed by atoms with van der Waals surface area (Å²) in [6, 6.07) is -0.631. The number of halogens is 1. The number of nitrogens with two attached hydrogens (primary N) is 1. The van der Waals surface area contributed by atoms with Gasteiger partial charge in [-0.2, -0.15) is 5.10 Å². The van der Waals surface area contributed by atoms with Crippen molar-refractivity contribution in [3.05, 3.63) is 11.1 Å². The normalized spacial score (nSPS) is 22.9. The lowest BCUT2D eigenvalue weighted by atomic mass is 9.91. The minimum Gasteiger partial charge on any atom is -0.350 e. The molecule has 0 aromatic rings. The fourth-order valence-electron chi connectivity index (χ4n) is 1.42. The van der Waals surface area contributed by atoms with E-state index in [2.05, 4.69) is 10.5 Å². The van der Waals surface area contributed by atoms with Crippen molar-refractivity contribution >= 4 is 23.3 Å². The highest BCUT2D eigenvalue weighted by Crippen LogP contribution is 2.26. The maximum absolute atomic E-state index is 10.4. The molecule has 4 nitrogen and oxygen atoms in total. The van der Waals surface area contributed by atoms with Crippen LogP contribution in [0.15, 0.2) is 16.2 Å². The highest BCUT2D eigenvalue weighted by atomic mass is 35.5. The van der Waals surface area contributed by atoms with Crippen LogP contribution in [0.3, 0.4) is 0 Å². The zero-order valence-electron chi connectivity index (χ0n) is 8.09. The second kappa shape index (κ2) is 5.00. The van der Waals surface area contributed by atoms with E-state index in [4.69, 9.17) is 17.3 Å². The van der Waals surface area contributed by atoms with E-state index >= 15 is 0 Å². The molecule has 3 N–H and O–H groups in total. The summed E-state index contributed by atoms with van der Waals surface area (Å²) in [6.45, 7) is 1.88. The number of hydrogen-bond acceptors (Lipinski definition) is 2. The van der Waals surface area contributed by atoms with Crippen molar-refractivity contribution in [1.29, 1.82) is 0 Å². The Balaban J connectivity index is 2.49. The molecule has 1 aliphatic carbocycles. The van der Waals surface area contributed by atoms with Crippen LogP contribution >= 0.6 is 11.6 Å². The van der Waals surface area contributed by atoms with Gasteiger partial charge in [0.15, 0.2) is 0 Å². The summed E-state index contributed by atoms with van der Waals surface area (Å²) < 4.78 is 0. The van der Waals surface area contributed by atoms with Crippen molar-refractivity contribution in [3.63, 3.8) is 0 Å². The average molecular weight is 216 g/mol. The van der Waals surface area contributed by atoms with Gasteiger partial charge in [-0.3, -0.25) is 0 Å². The summed E-state index contributed by atoms with van der Waals surface area (Å²) in [5.74, 6) is 0.365. The first-order valence-corrected chi connectivity index (χ1v) is 4.91. The van der Waals surface area contributed by atoms with Crippen molar-refractivity contribution in [1.82, 2.24) is 5.43 Å². The van der Waals surface area contributed by atoms with E-state index in [0.29, 0.717) is 5.92 Å². The van der Waals surface area contributed by atoms with Gasteiger partial charge in [0, 0.05) is 16.7 Å². The third-order valence-electron chi connectivity index (χ3n) is 2.29. The Hall–Kier alpha value is -1.03. The monoisotopic (exact) mass is 215 g/mol. The van der Waals surface area contributed by atoms with Crippen LogP contribution in [0.4, 0.5) is 4.79 Å². The van der Waals surface area contributed by atoms with Crippen molar-refractivity contribution in [2.24, 2.45) is 16.8 Å². The highest BCUT2D eigenvalue weighted by molar-refractivity contribution is 6.29. The molecular formula is C9H14ClN3O. The van der Waals surface area contributed by atoms with E-state index < -0.39 is 6.03 Å². The predicted octanol–water partition coefficient (Wildman–Crippen LogP) is 1.95. The van der Waals surface area contributed by atoms with E-state index in [1.165, 1.54) is 0 Å². The van der Waals surface area contributed by atoms with Crippen molar-refractivity contribution < 1.29 is 4.79 Å². The maximum Gasteiger partial charge on any atom is 0.332 e. The van der Waals surface area contributed by atoms with Crippen LogP contribution in [0, 0.1) is 5.92 Å². The molecular weight excluding hydrogens is 202 g/mol. The Kier molecular flexibility index (Phi) is 3.95. The molecule has 0 spiro atoms. The number of carbonyl (C=O) groups excluding carboxylic acids is 1. The van der Waals surface area contributed by atoms with Crippen LogP contribution in [0.5, 0.6) is 0 Å². The first-order chi connectivity index (χ1) is 6.59. The predicted molar refractivity (Wildman–Crippen MR) is 57.1 cm³/mol. The average Bonchev–Trinajstić information content (AvgIpc) is 2.15. The first kappa shape index (κ1) is 11.0. The van der Waals surface area contributed by atoms with Crippen LogP contribution in [0.25, 0.3) is 0 Å². The lowest BCUT2D eigenvalue weighted by Gasteiger charge is -2.18. The van der Waals surface area contributed by atoms with Gasteiger partial charge in [0.05, 0.1) is 0 Å². The number of carbonyl (C=O) groups is 1. The van der Waals surface area contributed by atoms with Gasteiger partial charge in [0.1, 0.15) is 0 Å². The topological polar surface area (TPSA) is 67.5 Å². The van der Waals surface area contributed by atoms with Crippen molar-refractivity contribution in [2.45, 2.75) is 26.2 Å². The van der Waals surface area contributed by atoms with Gasteiger partial charge in [0.25, 0.3) is 0 Å². The van der Waals surface area contributed by atoms with Crippen LogP contribution in [0.1, 0.15) is 26.2 Å². The maximum atomic E-state index is 10.4. The molecule has 0 heterocycles. The smallest absolute Gasteiger partial charge is 0.332 e. The molecule has 1 unspecified atom stereocenters. The number of nitrogens with one attached hydrogen (secondary N) is 1. The molecule has 0 aliphatic heterocycles. The molecule has 78 valence electrons. The summed E-state index contributed by atoms with van der Waals surface area (Å²) in [6.07, 6.45) is 4.74. The standard InChI is InChI=1S/C9H14ClN3O/c1-6(12-13-9(11)14)7-2-4-8(10)5-3-7/h4,7H,2-3,5H2,1H3,(H3,11,13,14)/b12-6+. The number of hydrogen-bond donors (Lipinski definition) is 2. The fourth-order valence-corrected chi connectivity index (χ4v) is 1.61. The molecule has 0 aromatic carbocycles. The highest BCUT2D eigenvalue weighted by Gasteiger charge is 2.16. The lowest BCUT2D eigenvalue weighted by Crippen LogP contribution is -2.27. The number of nitrogens with zero attached hydrogens (tertiary/aromatic N) is 1. The molecule has 0 saturated heterocycles. The van der Waals surface area contributed by atoms with E-state index in [0.717, 1.165) is 30.0 Å². The summed E-state index contributed by atoms with van der Waals surface area (Å²) >= 11 is 5.85. The summed E-state index contributed by atoms with van der Waals surface area (Å²) in [5.41, 5.74) is 8.02. The third-order valence-corrected chi connectivity index (χ3v) is 2.63. The summed E-state index contributed by atoms with van der Waals surface area (Å²) in [7, 11) is 0. The largest absolute Gasteiger partial charge is 0.350 e. The second-order valence-corrected chi connectivity index (χ2v) is 3.84. The third kappa shape index (κ3) is 3.38. The lowest BCUT2D eigenvalue weighted by molar-refractivity contribution is 0.249. The zero-order chi connectivity index (χ0) is 10.6. The Morgan fingerprint density at radius 3 is 3.00 bits per heavy atom. The fraction of sp³-hybridized carbons (Fsp3) is 0.556. The molecule has 1 aliphatic rings. The van der Waals surface area contributed by atoms with E-state index in [1.54, 1.807) is 0 Å². The SMILES string of the molecule is C/C(=N\NC(N)=O)C1CC=C(Cl)CC1. The summed E-state index contributed by atoms with van der Waals surface area (Å²) in [5, 5.41) is 4.81. The number of allylic oxidation sites excluding steroid dienone is 2.